The van der Waals surface area contributed by atoms with Gasteiger partial charge in [-0.2, -0.15) is 9.40 Å². The summed E-state index contributed by atoms with van der Waals surface area (Å²) in [5.74, 6) is -0.369. The number of rotatable bonds is 5. The zero-order valence-corrected chi connectivity index (χ0v) is 12.3. The first-order valence-corrected chi connectivity index (χ1v) is 7.13. The van der Waals surface area contributed by atoms with E-state index in [-0.39, 0.29) is 29.7 Å². The minimum absolute atomic E-state index is 0.0711. The third kappa shape index (κ3) is 3.24. The molecule has 0 unspecified atom stereocenters. The van der Waals surface area contributed by atoms with E-state index in [2.05, 4.69) is 5.10 Å². The summed E-state index contributed by atoms with van der Waals surface area (Å²) < 4.78 is 27.2. The first-order chi connectivity index (χ1) is 8.70. The summed E-state index contributed by atoms with van der Waals surface area (Å²) >= 11 is 0. The van der Waals surface area contributed by atoms with E-state index in [9.17, 15) is 13.2 Å². The first kappa shape index (κ1) is 15.4. The van der Waals surface area contributed by atoms with Crippen LogP contribution in [0.2, 0.25) is 0 Å². The van der Waals surface area contributed by atoms with E-state index in [4.69, 9.17) is 5.73 Å². The zero-order chi connectivity index (χ0) is 14.8. The Bertz CT molecular complexity index is 564. The van der Waals surface area contributed by atoms with E-state index in [0.717, 1.165) is 4.31 Å². The number of carbonyl (C=O) groups excluding carboxylic acids is 1. The molecule has 0 aliphatic heterocycles. The average molecular weight is 289 g/mol. The van der Waals surface area contributed by atoms with Crippen molar-refractivity contribution in [1.29, 1.82) is 0 Å². The lowest BCUT2D eigenvalue weighted by atomic mass is 10.5. The molecular formula is C10H19N5O3S. The van der Waals surface area contributed by atoms with Crippen LogP contribution in [-0.2, 0) is 21.9 Å². The van der Waals surface area contributed by atoms with Gasteiger partial charge < -0.3 is 10.6 Å². The first-order valence-electron chi connectivity index (χ1n) is 5.69. The molecule has 9 heteroatoms. The molecule has 2 N–H and O–H groups in total. The summed E-state index contributed by atoms with van der Waals surface area (Å²) in [6, 6.07) is 0. The Morgan fingerprint density at radius 3 is 2.42 bits per heavy atom. The molecule has 0 aromatic carbocycles. The van der Waals surface area contributed by atoms with Crippen molar-refractivity contribution in [2.45, 2.75) is 11.8 Å². The summed E-state index contributed by atoms with van der Waals surface area (Å²) in [4.78, 5) is 12.9. The Labute approximate surface area is 112 Å². The van der Waals surface area contributed by atoms with Crippen molar-refractivity contribution in [3.8, 4) is 0 Å². The van der Waals surface area contributed by atoms with Crippen LogP contribution in [0.15, 0.2) is 11.1 Å². The molecule has 0 fully saturated rings. The van der Waals surface area contributed by atoms with E-state index in [0.29, 0.717) is 0 Å². The molecule has 108 valence electrons. The van der Waals surface area contributed by atoms with Crippen LogP contribution >= 0.6 is 0 Å². The number of amides is 1. The molecule has 1 rings (SSSR count). The van der Waals surface area contributed by atoms with Gasteiger partial charge >= 0.3 is 0 Å². The second kappa shape index (κ2) is 5.57. The largest absolute Gasteiger partial charge is 0.381 e. The fourth-order valence-corrected chi connectivity index (χ4v) is 2.97. The summed E-state index contributed by atoms with van der Waals surface area (Å²) in [5.41, 5.74) is 5.58. The van der Waals surface area contributed by atoms with Gasteiger partial charge in [0.05, 0.1) is 6.54 Å². The second-order valence-electron chi connectivity index (χ2n) is 4.27. The van der Waals surface area contributed by atoms with Crippen LogP contribution in [0.25, 0.3) is 0 Å². The lowest BCUT2D eigenvalue weighted by Gasteiger charge is -2.21. The minimum atomic E-state index is -3.81. The summed E-state index contributed by atoms with van der Waals surface area (Å²) in [5, 5.41) is 3.80. The molecular weight excluding hydrogens is 270 g/mol. The van der Waals surface area contributed by atoms with Crippen LogP contribution < -0.4 is 5.73 Å². The van der Waals surface area contributed by atoms with Crippen molar-refractivity contribution in [1.82, 2.24) is 19.0 Å². The number of aryl methyl sites for hydroxylation is 1. The number of hydrogen-bond acceptors (Lipinski definition) is 5. The molecule has 0 radical (unpaired) electrons. The highest BCUT2D eigenvalue weighted by molar-refractivity contribution is 7.89. The summed E-state index contributed by atoms with van der Waals surface area (Å²) in [7, 11) is 0.909. The highest BCUT2D eigenvalue weighted by atomic mass is 32.2. The molecule has 1 amide bonds. The molecule has 0 spiro atoms. The number of hydrogen-bond donors (Lipinski definition) is 1. The molecule has 0 saturated carbocycles. The van der Waals surface area contributed by atoms with Gasteiger partial charge in [0.1, 0.15) is 4.90 Å². The van der Waals surface area contributed by atoms with Gasteiger partial charge in [0, 0.05) is 33.9 Å². The molecule has 0 bridgehead atoms. The molecule has 1 aromatic rings. The van der Waals surface area contributed by atoms with Crippen LogP contribution in [0.5, 0.6) is 0 Å². The van der Waals surface area contributed by atoms with Gasteiger partial charge in [0.15, 0.2) is 5.82 Å². The predicted molar refractivity (Wildman–Crippen MR) is 70.7 cm³/mol. The summed E-state index contributed by atoms with van der Waals surface area (Å²) in [6.07, 6.45) is 1.33. The van der Waals surface area contributed by atoms with Gasteiger partial charge in [-0.3, -0.25) is 9.48 Å². The van der Waals surface area contributed by atoms with Crippen molar-refractivity contribution in [3.63, 3.8) is 0 Å². The van der Waals surface area contributed by atoms with E-state index in [1.807, 2.05) is 0 Å². The second-order valence-corrected chi connectivity index (χ2v) is 6.18. The maximum absolute atomic E-state index is 12.4. The van der Waals surface area contributed by atoms with Crippen molar-refractivity contribution in [2.75, 3.05) is 32.9 Å². The van der Waals surface area contributed by atoms with Gasteiger partial charge in [-0.15, -0.1) is 0 Å². The standard InChI is InChI=1S/C10H19N5O3S/c1-5-15(7-9(16)13(2)3)19(17,18)8-6-14(4)12-10(8)11/h6H,5,7H2,1-4H3,(H2,11,12). The Morgan fingerprint density at radius 1 is 1.47 bits per heavy atom. The molecule has 0 aliphatic carbocycles. The van der Waals surface area contributed by atoms with Crippen molar-refractivity contribution >= 4 is 21.7 Å². The number of nitrogens with zero attached hydrogens (tertiary/aromatic N) is 4. The number of sulfonamides is 1. The van der Waals surface area contributed by atoms with Gasteiger partial charge in [-0.1, -0.05) is 6.92 Å². The molecule has 0 saturated heterocycles. The fourth-order valence-electron chi connectivity index (χ4n) is 1.48. The van der Waals surface area contributed by atoms with E-state index < -0.39 is 10.0 Å². The van der Waals surface area contributed by atoms with Crippen molar-refractivity contribution < 1.29 is 13.2 Å². The van der Waals surface area contributed by atoms with Crippen LogP contribution in [-0.4, -0.2) is 60.5 Å². The highest BCUT2D eigenvalue weighted by Crippen LogP contribution is 2.20. The van der Waals surface area contributed by atoms with Crippen molar-refractivity contribution in [2.24, 2.45) is 7.05 Å². The number of nitrogen functional groups attached to an aromatic ring is 1. The van der Waals surface area contributed by atoms with Gasteiger partial charge in [0.25, 0.3) is 0 Å². The van der Waals surface area contributed by atoms with E-state index in [1.54, 1.807) is 28.1 Å². The van der Waals surface area contributed by atoms with Gasteiger partial charge in [-0.05, 0) is 0 Å². The Balaban J connectivity index is 3.09. The summed E-state index contributed by atoms with van der Waals surface area (Å²) in [6.45, 7) is 1.61. The Morgan fingerprint density at radius 2 is 2.05 bits per heavy atom. The number of carbonyl (C=O) groups is 1. The van der Waals surface area contributed by atoms with Crippen LogP contribution in [0.1, 0.15) is 6.92 Å². The number of likely N-dealkylation sites (N-methyl/N-ethyl adjacent to an activating group) is 2. The molecule has 0 aliphatic rings. The monoisotopic (exact) mass is 289 g/mol. The minimum Gasteiger partial charge on any atom is -0.381 e. The SMILES string of the molecule is CCN(CC(=O)N(C)C)S(=O)(=O)c1cn(C)nc1N. The normalized spacial score (nSPS) is 11.8. The Kier molecular flexibility index (Phi) is 4.53. The number of nitrogens with two attached hydrogens (primary N) is 1. The average Bonchev–Trinajstić information content (AvgIpc) is 2.65. The molecule has 1 heterocycles. The molecule has 0 atom stereocenters. The van der Waals surface area contributed by atoms with Crippen LogP contribution in [0.4, 0.5) is 5.82 Å². The molecule has 19 heavy (non-hydrogen) atoms. The molecule has 1 aromatic heterocycles. The lowest BCUT2D eigenvalue weighted by Crippen LogP contribution is -2.40. The Hall–Kier alpha value is -1.61. The third-order valence-corrected chi connectivity index (χ3v) is 4.54. The highest BCUT2D eigenvalue weighted by Gasteiger charge is 2.29. The smallest absolute Gasteiger partial charge is 0.248 e. The van der Waals surface area contributed by atoms with Gasteiger partial charge in [-0.25, -0.2) is 8.42 Å². The van der Waals surface area contributed by atoms with Crippen LogP contribution in [0, 0.1) is 0 Å². The lowest BCUT2D eigenvalue weighted by molar-refractivity contribution is -0.128. The predicted octanol–water partition coefficient (Wildman–Crippen LogP) is -0.899. The van der Waals surface area contributed by atoms with E-state index in [1.165, 1.54) is 15.8 Å². The van der Waals surface area contributed by atoms with Crippen LogP contribution in [0.3, 0.4) is 0 Å². The zero-order valence-electron chi connectivity index (χ0n) is 11.5. The molecule has 8 nitrogen and oxygen atoms in total. The maximum Gasteiger partial charge on any atom is 0.248 e. The number of aromatic nitrogens is 2. The quantitative estimate of drug-likeness (QED) is 0.757. The van der Waals surface area contributed by atoms with E-state index >= 15 is 0 Å². The maximum atomic E-state index is 12.4. The van der Waals surface area contributed by atoms with Gasteiger partial charge in [0.2, 0.25) is 15.9 Å². The fraction of sp³-hybridized carbons (Fsp3) is 0.600. The third-order valence-electron chi connectivity index (χ3n) is 2.60. The van der Waals surface area contributed by atoms with Crippen molar-refractivity contribution in [3.05, 3.63) is 6.20 Å². The topological polar surface area (TPSA) is 102 Å². The number of anilines is 1.